The van der Waals surface area contributed by atoms with Crippen LogP contribution in [0.5, 0.6) is 0 Å². The van der Waals surface area contributed by atoms with Gasteiger partial charge in [0.05, 0.1) is 0 Å². The summed E-state index contributed by atoms with van der Waals surface area (Å²) in [5.74, 6) is 0. The van der Waals surface area contributed by atoms with Crippen LogP contribution in [0.15, 0.2) is 24.3 Å². The Morgan fingerprint density at radius 1 is 1.31 bits per heavy atom. The van der Waals surface area contributed by atoms with E-state index in [0.717, 1.165) is 5.54 Å². The van der Waals surface area contributed by atoms with E-state index >= 15 is 0 Å². The van der Waals surface area contributed by atoms with Crippen molar-refractivity contribution in [3.05, 3.63) is 41.0 Å². The molecule has 1 aromatic carbocycles. The van der Waals surface area contributed by atoms with Crippen LogP contribution in [0.4, 0.5) is 0 Å². The molecule has 0 spiro atoms. The van der Waals surface area contributed by atoms with E-state index in [-0.39, 0.29) is 39.1 Å². The average Bonchev–Trinajstić information content (AvgIpc) is 2.46. The summed E-state index contributed by atoms with van der Waals surface area (Å²) in [7, 11) is 0.0790. The fourth-order valence-electron chi connectivity index (χ4n) is 1.85. The van der Waals surface area contributed by atoms with Gasteiger partial charge in [-0.05, 0) is 23.6 Å². The van der Waals surface area contributed by atoms with Crippen LogP contribution in [-0.4, -0.2) is 39.1 Å². The number of benzene rings is 1. The molecule has 1 atom stereocenters. The maximum absolute atomic E-state index is 2.38. The molecule has 0 bridgehead atoms. The van der Waals surface area contributed by atoms with E-state index in [2.05, 4.69) is 43.8 Å². The number of rotatable bonds is 1. The number of allylic oxidation sites excluding steroid dienone is 1. The van der Waals surface area contributed by atoms with Crippen molar-refractivity contribution in [3.8, 4) is 0 Å². The van der Waals surface area contributed by atoms with Crippen molar-refractivity contribution >= 4 is 45.2 Å². The summed E-state index contributed by atoms with van der Waals surface area (Å²) < 4.78 is 0. The Morgan fingerprint density at radius 3 is 2.77 bits per heavy atom. The van der Waals surface area contributed by atoms with Gasteiger partial charge in [0.15, 0.2) is 0 Å². The van der Waals surface area contributed by atoms with E-state index in [9.17, 15) is 0 Å². The molecule has 64 valence electrons. The summed E-state index contributed by atoms with van der Waals surface area (Å²) in [4.78, 5) is 0. The molecule has 0 N–H and O–H groups in total. The van der Waals surface area contributed by atoms with Crippen molar-refractivity contribution in [2.24, 2.45) is 0 Å². The molecule has 0 heterocycles. The van der Waals surface area contributed by atoms with Crippen LogP contribution >= 0.6 is 0 Å². The Labute approximate surface area is 105 Å². The molecule has 0 aromatic heterocycles. The molecule has 2 rings (SSSR count). The molecule has 1 aliphatic carbocycles. The Balaban J connectivity index is 0.000000845. The second kappa shape index (κ2) is 4.60. The first-order valence-corrected chi connectivity index (χ1v) is 6.83. The number of hydrogen-bond donors (Lipinski definition) is 0. The monoisotopic (exact) mass is 198 g/mol. The van der Waals surface area contributed by atoms with Gasteiger partial charge in [0, 0.05) is 9.52 Å². The zero-order valence-corrected chi connectivity index (χ0v) is 9.09. The van der Waals surface area contributed by atoms with E-state index in [0.29, 0.717) is 0 Å². The molecule has 0 radical (unpaired) electrons. The van der Waals surface area contributed by atoms with Gasteiger partial charge in [-0.1, -0.05) is 42.5 Å². The number of fused-ring (bicyclic) bond motifs is 1. The molecule has 0 aliphatic heterocycles. The van der Waals surface area contributed by atoms with E-state index < -0.39 is 0 Å². The van der Waals surface area contributed by atoms with Gasteiger partial charge in [-0.3, -0.25) is 0 Å². The molecule has 2 heteroatoms. The molecule has 1 aromatic rings. The van der Waals surface area contributed by atoms with Crippen LogP contribution in [0, 0.1) is 6.92 Å². The Kier molecular flexibility index (Phi) is 3.99. The first kappa shape index (κ1) is 11.3. The average molecular weight is 198 g/mol. The van der Waals surface area contributed by atoms with Crippen LogP contribution in [-0.2, 0) is 0 Å². The van der Waals surface area contributed by atoms with Crippen LogP contribution < -0.4 is 0 Å². The molecule has 0 saturated carbocycles. The topological polar surface area (TPSA) is 0 Å². The SMILES string of the molecule is C[SiH2]C1C=Cc2ccc(C)cc21.[NaH]. The second-order valence-corrected chi connectivity index (χ2v) is 5.20. The molecule has 1 unspecified atom stereocenters. The van der Waals surface area contributed by atoms with Crippen molar-refractivity contribution in [3.63, 3.8) is 0 Å². The van der Waals surface area contributed by atoms with Gasteiger partial charge in [-0.15, -0.1) is 0 Å². The second-order valence-electron chi connectivity index (χ2n) is 3.51. The first-order chi connectivity index (χ1) is 5.81. The Bertz CT molecular complexity index is 331. The number of hydrogen-bond acceptors (Lipinski definition) is 0. The van der Waals surface area contributed by atoms with Crippen molar-refractivity contribution in [1.29, 1.82) is 0 Å². The first-order valence-electron chi connectivity index (χ1n) is 4.60. The summed E-state index contributed by atoms with van der Waals surface area (Å²) in [6, 6.07) is 6.78. The Morgan fingerprint density at radius 2 is 2.08 bits per heavy atom. The Hall–Kier alpha value is 0.177. The van der Waals surface area contributed by atoms with Gasteiger partial charge in [0.1, 0.15) is 0 Å². The molecule has 0 amide bonds. The molecule has 0 nitrogen and oxygen atoms in total. The fourth-order valence-corrected chi connectivity index (χ4v) is 3.05. The summed E-state index contributed by atoms with van der Waals surface area (Å²) in [5, 5.41) is 0. The summed E-state index contributed by atoms with van der Waals surface area (Å²) in [5.41, 5.74) is 5.22. The predicted molar refractivity (Wildman–Crippen MR) is 64.5 cm³/mol. The van der Waals surface area contributed by atoms with Gasteiger partial charge in [0.2, 0.25) is 0 Å². The third-order valence-electron chi connectivity index (χ3n) is 2.59. The zero-order valence-electron chi connectivity index (χ0n) is 7.67. The van der Waals surface area contributed by atoms with E-state index in [1.54, 1.807) is 5.56 Å². The molecule has 0 fully saturated rings. The van der Waals surface area contributed by atoms with Crippen LogP contribution in [0.1, 0.15) is 22.2 Å². The summed E-state index contributed by atoms with van der Waals surface area (Å²) in [6.45, 7) is 4.55. The molecular weight excluding hydrogens is 183 g/mol. The third kappa shape index (κ3) is 2.16. The molecule has 13 heavy (non-hydrogen) atoms. The van der Waals surface area contributed by atoms with Crippen LogP contribution in [0.25, 0.3) is 6.08 Å². The standard InChI is InChI=1S/C11H14Si.Na.H/c1-8-3-4-9-5-6-11(12-2)10(9)7-8;;/h3-7,11H,12H2,1-2H3;;. The normalized spacial score (nSPS) is 19.1. The van der Waals surface area contributed by atoms with Gasteiger partial charge < -0.3 is 0 Å². The fraction of sp³-hybridized carbons (Fsp3) is 0.273. The van der Waals surface area contributed by atoms with Crippen LogP contribution in [0.3, 0.4) is 0 Å². The molecule has 1 aliphatic rings. The van der Waals surface area contributed by atoms with Crippen LogP contribution in [0.2, 0.25) is 6.55 Å². The predicted octanol–water partition coefficient (Wildman–Crippen LogP) is 1.63. The van der Waals surface area contributed by atoms with Crippen molar-refractivity contribution < 1.29 is 0 Å². The van der Waals surface area contributed by atoms with Gasteiger partial charge in [0.25, 0.3) is 0 Å². The van der Waals surface area contributed by atoms with E-state index in [1.165, 1.54) is 11.1 Å². The van der Waals surface area contributed by atoms with Crippen molar-refractivity contribution in [2.45, 2.75) is 19.0 Å². The van der Waals surface area contributed by atoms with Gasteiger partial charge >= 0.3 is 29.6 Å². The quantitative estimate of drug-likeness (QED) is 0.602. The van der Waals surface area contributed by atoms with Crippen molar-refractivity contribution in [2.75, 3.05) is 0 Å². The van der Waals surface area contributed by atoms with Crippen molar-refractivity contribution in [1.82, 2.24) is 0 Å². The van der Waals surface area contributed by atoms with E-state index in [1.807, 2.05) is 0 Å². The third-order valence-corrected chi connectivity index (χ3v) is 4.18. The minimum absolute atomic E-state index is 0. The summed E-state index contributed by atoms with van der Waals surface area (Å²) >= 11 is 0. The molecular formula is C11H15NaSi. The summed E-state index contributed by atoms with van der Waals surface area (Å²) in [6.07, 6.45) is 4.65. The van der Waals surface area contributed by atoms with E-state index in [4.69, 9.17) is 0 Å². The minimum atomic E-state index is 0. The van der Waals surface area contributed by atoms with Gasteiger partial charge in [-0.2, -0.15) is 0 Å². The molecule has 0 saturated heterocycles. The maximum atomic E-state index is 2.38. The van der Waals surface area contributed by atoms with Gasteiger partial charge in [-0.25, -0.2) is 0 Å². The number of aryl methyl sites for hydroxylation is 1. The zero-order chi connectivity index (χ0) is 8.55.